The Bertz CT molecular complexity index is 389. The Morgan fingerprint density at radius 1 is 0.351 bits per heavy atom. The maximum Gasteiger partial charge on any atom is 0.0571 e. The molecular weight excluding hydrogens is 448 g/mol. The molecule has 1 N–H and O–H groups in total. The van der Waals surface area contributed by atoms with Gasteiger partial charge in [-0.2, -0.15) is 0 Å². The zero-order chi connectivity index (χ0) is 27.2. The number of hydrogen-bond acceptors (Lipinski definition) is 1. The molecule has 0 aromatic heterocycles. The van der Waals surface area contributed by atoms with Gasteiger partial charge >= 0.3 is 0 Å². The molecule has 0 aliphatic heterocycles. The predicted molar refractivity (Wildman–Crippen MR) is 170 cm³/mol. The van der Waals surface area contributed by atoms with Crippen molar-refractivity contribution in [2.24, 2.45) is 11.8 Å². The standard InChI is InChI=1S/C36H74O/c1-5-9-13-17-20-21-22-26-30-34(29-25-16-12-8-4)33-36(37)35(31-27-23-18-14-10-6-2)32-28-24-19-15-11-7-3/h34-37H,5-33H2,1-4H3. The van der Waals surface area contributed by atoms with E-state index in [9.17, 15) is 5.11 Å². The highest BCUT2D eigenvalue weighted by Crippen LogP contribution is 2.30. The molecule has 0 aliphatic rings. The molecule has 0 amide bonds. The lowest BCUT2D eigenvalue weighted by atomic mass is 9.82. The van der Waals surface area contributed by atoms with Crippen molar-refractivity contribution >= 4 is 0 Å². The summed E-state index contributed by atoms with van der Waals surface area (Å²) in [5.41, 5.74) is 0. The van der Waals surface area contributed by atoms with Crippen molar-refractivity contribution < 1.29 is 5.11 Å². The average Bonchev–Trinajstić information content (AvgIpc) is 2.90. The lowest BCUT2D eigenvalue weighted by Gasteiger charge is -2.27. The van der Waals surface area contributed by atoms with E-state index in [4.69, 9.17) is 0 Å². The van der Waals surface area contributed by atoms with E-state index in [1.165, 1.54) is 180 Å². The molecule has 0 aromatic rings. The van der Waals surface area contributed by atoms with Crippen LogP contribution in [-0.4, -0.2) is 11.2 Å². The summed E-state index contributed by atoms with van der Waals surface area (Å²) in [4.78, 5) is 0. The fourth-order valence-electron chi connectivity index (χ4n) is 6.24. The molecule has 2 unspecified atom stereocenters. The Morgan fingerprint density at radius 2 is 0.622 bits per heavy atom. The lowest BCUT2D eigenvalue weighted by molar-refractivity contribution is 0.0658. The van der Waals surface area contributed by atoms with Crippen molar-refractivity contribution in [2.45, 2.75) is 220 Å². The Hall–Kier alpha value is -0.0400. The monoisotopic (exact) mass is 523 g/mol. The van der Waals surface area contributed by atoms with Crippen LogP contribution in [0.1, 0.15) is 214 Å². The van der Waals surface area contributed by atoms with Gasteiger partial charge in [0.25, 0.3) is 0 Å². The largest absolute Gasteiger partial charge is 0.393 e. The first-order chi connectivity index (χ1) is 18.2. The van der Waals surface area contributed by atoms with Crippen molar-refractivity contribution in [3.8, 4) is 0 Å². The SMILES string of the molecule is CCCCCCCCCCC(CCCCCC)CC(O)C(CCCCCCCC)CCCCCCCC. The highest BCUT2D eigenvalue weighted by Gasteiger charge is 2.22. The molecule has 2 atom stereocenters. The van der Waals surface area contributed by atoms with Crippen molar-refractivity contribution in [1.82, 2.24) is 0 Å². The van der Waals surface area contributed by atoms with E-state index in [2.05, 4.69) is 27.7 Å². The molecule has 0 fully saturated rings. The number of hydrogen-bond donors (Lipinski definition) is 1. The first-order valence-corrected chi connectivity index (χ1v) is 17.9. The summed E-state index contributed by atoms with van der Waals surface area (Å²) < 4.78 is 0. The van der Waals surface area contributed by atoms with Crippen LogP contribution in [0.2, 0.25) is 0 Å². The fraction of sp³-hybridized carbons (Fsp3) is 1.00. The van der Waals surface area contributed by atoms with Gasteiger partial charge in [0, 0.05) is 0 Å². The van der Waals surface area contributed by atoms with E-state index >= 15 is 0 Å². The van der Waals surface area contributed by atoms with E-state index in [1.54, 1.807) is 0 Å². The first-order valence-electron chi connectivity index (χ1n) is 17.9. The quantitative estimate of drug-likeness (QED) is 0.0897. The number of rotatable bonds is 31. The zero-order valence-electron chi connectivity index (χ0n) is 26.7. The van der Waals surface area contributed by atoms with Gasteiger partial charge in [-0.05, 0) is 31.1 Å². The van der Waals surface area contributed by atoms with Gasteiger partial charge in [-0.15, -0.1) is 0 Å². The van der Waals surface area contributed by atoms with Crippen LogP contribution in [0, 0.1) is 11.8 Å². The third-order valence-electron chi connectivity index (χ3n) is 8.91. The summed E-state index contributed by atoms with van der Waals surface area (Å²) in [5, 5.41) is 11.5. The topological polar surface area (TPSA) is 20.2 Å². The van der Waals surface area contributed by atoms with Gasteiger partial charge in [-0.25, -0.2) is 0 Å². The third-order valence-corrected chi connectivity index (χ3v) is 8.91. The van der Waals surface area contributed by atoms with Gasteiger partial charge in [0.15, 0.2) is 0 Å². The molecule has 0 saturated heterocycles. The van der Waals surface area contributed by atoms with Crippen LogP contribution in [0.3, 0.4) is 0 Å². The van der Waals surface area contributed by atoms with Gasteiger partial charge < -0.3 is 5.11 Å². The van der Waals surface area contributed by atoms with Crippen LogP contribution in [0.5, 0.6) is 0 Å². The van der Waals surface area contributed by atoms with E-state index < -0.39 is 0 Å². The van der Waals surface area contributed by atoms with E-state index in [1.807, 2.05) is 0 Å². The van der Waals surface area contributed by atoms with Gasteiger partial charge in [0.2, 0.25) is 0 Å². The molecule has 1 nitrogen and oxygen atoms in total. The van der Waals surface area contributed by atoms with Gasteiger partial charge in [0.1, 0.15) is 0 Å². The van der Waals surface area contributed by atoms with Crippen LogP contribution in [0.4, 0.5) is 0 Å². The van der Waals surface area contributed by atoms with Crippen LogP contribution in [-0.2, 0) is 0 Å². The molecular formula is C36H74O. The second-order valence-electron chi connectivity index (χ2n) is 12.7. The first kappa shape index (κ1) is 37.0. The second kappa shape index (κ2) is 30.5. The molecule has 1 heteroatoms. The minimum atomic E-state index is -0.0588. The Balaban J connectivity index is 4.64. The molecule has 0 radical (unpaired) electrons. The lowest BCUT2D eigenvalue weighted by Crippen LogP contribution is -2.24. The van der Waals surface area contributed by atoms with E-state index in [-0.39, 0.29) is 6.10 Å². The van der Waals surface area contributed by atoms with Gasteiger partial charge in [-0.1, -0.05) is 195 Å². The van der Waals surface area contributed by atoms with E-state index in [0.29, 0.717) is 5.92 Å². The Kier molecular flexibility index (Phi) is 30.5. The second-order valence-corrected chi connectivity index (χ2v) is 12.7. The molecule has 37 heavy (non-hydrogen) atoms. The minimum Gasteiger partial charge on any atom is -0.393 e. The highest BCUT2D eigenvalue weighted by atomic mass is 16.3. The molecule has 0 saturated carbocycles. The maximum atomic E-state index is 11.5. The smallest absolute Gasteiger partial charge is 0.0571 e. The summed E-state index contributed by atoms with van der Waals surface area (Å²) in [5.74, 6) is 1.30. The average molecular weight is 523 g/mol. The molecule has 0 aliphatic carbocycles. The van der Waals surface area contributed by atoms with Crippen LogP contribution < -0.4 is 0 Å². The number of aliphatic hydroxyl groups excluding tert-OH is 1. The molecule has 0 bridgehead atoms. The zero-order valence-corrected chi connectivity index (χ0v) is 26.7. The summed E-state index contributed by atoms with van der Waals surface area (Å²) in [6.45, 7) is 9.23. The molecule has 0 heterocycles. The minimum absolute atomic E-state index is 0.0588. The number of aliphatic hydroxyl groups is 1. The van der Waals surface area contributed by atoms with Crippen LogP contribution >= 0.6 is 0 Å². The van der Waals surface area contributed by atoms with Crippen LogP contribution in [0.15, 0.2) is 0 Å². The van der Waals surface area contributed by atoms with E-state index in [0.717, 1.165) is 12.3 Å². The van der Waals surface area contributed by atoms with Crippen molar-refractivity contribution in [1.29, 1.82) is 0 Å². The normalized spacial score (nSPS) is 13.5. The van der Waals surface area contributed by atoms with Gasteiger partial charge in [-0.3, -0.25) is 0 Å². The predicted octanol–water partition coefficient (Wildman–Crippen LogP) is 13.0. The van der Waals surface area contributed by atoms with Crippen LogP contribution in [0.25, 0.3) is 0 Å². The molecule has 0 spiro atoms. The van der Waals surface area contributed by atoms with Crippen molar-refractivity contribution in [3.05, 3.63) is 0 Å². The maximum absolute atomic E-state index is 11.5. The number of unbranched alkanes of at least 4 members (excludes halogenated alkanes) is 20. The summed E-state index contributed by atoms with van der Waals surface area (Å²) in [6.07, 6.45) is 39.5. The third kappa shape index (κ3) is 26.0. The summed E-state index contributed by atoms with van der Waals surface area (Å²) in [7, 11) is 0. The van der Waals surface area contributed by atoms with Crippen molar-refractivity contribution in [3.63, 3.8) is 0 Å². The fourth-order valence-corrected chi connectivity index (χ4v) is 6.24. The molecule has 0 rings (SSSR count). The Labute approximate surface area is 236 Å². The van der Waals surface area contributed by atoms with Gasteiger partial charge in [0.05, 0.1) is 6.10 Å². The molecule has 0 aromatic carbocycles. The summed E-state index contributed by atoms with van der Waals surface area (Å²) >= 11 is 0. The Morgan fingerprint density at radius 3 is 0.973 bits per heavy atom. The highest BCUT2D eigenvalue weighted by molar-refractivity contribution is 4.74. The van der Waals surface area contributed by atoms with Crippen molar-refractivity contribution in [2.75, 3.05) is 0 Å². The molecule has 224 valence electrons. The summed E-state index contributed by atoms with van der Waals surface area (Å²) in [6, 6.07) is 0.